The predicted octanol–water partition coefficient (Wildman–Crippen LogP) is 3.20. The maximum absolute atomic E-state index is 12.8. The Labute approximate surface area is 128 Å². The molecule has 20 heavy (non-hydrogen) atoms. The van der Waals surface area contributed by atoms with Gasteiger partial charge >= 0.3 is 0 Å². The summed E-state index contributed by atoms with van der Waals surface area (Å²) in [4.78, 5) is 14.9. The van der Waals surface area contributed by atoms with E-state index in [2.05, 4.69) is 26.1 Å². The van der Waals surface area contributed by atoms with E-state index in [0.717, 1.165) is 36.0 Å². The Morgan fingerprint density at radius 1 is 1.25 bits per heavy atom. The van der Waals surface area contributed by atoms with Crippen LogP contribution in [0.3, 0.4) is 0 Å². The molecule has 0 aliphatic carbocycles. The van der Waals surface area contributed by atoms with Gasteiger partial charge in [-0.15, -0.1) is 0 Å². The van der Waals surface area contributed by atoms with Crippen molar-refractivity contribution in [1.82, 2.24) is 10.2 Å². The Bertz CT molecular complexity index is 485. The third-order valence-corrected chi connectivity index (χ3v) is 4.94. The summed E-state index contributed by atoms with van der Waals surface area (Å²) in [5, 5.41) is 3.57. The van der Waals surface area contributed by atoms with Gasteiger partial charge in [0.1, 0.15) is 0 Å². The largest absolute Gasteiger partial charge is 0.334 e. The lowest BCUT2D eigenvalue weighted by atomic mass is 9.93. The minimum absolute atomic E-state index is 0.185. The first-order valence-corrected chi connectivity index (χ1v) is 8.35. The average molecular weight is 337 g/mol. The van der Waals surface area contributed by atoms with E-state index in [4.69, 9.17) is 0 Å². The minimum Gasteiger partial charge on any atom is -0.334 e. The summed E-state index contributed by atoms with van der Waals surface area (Å²) in [5.41, 5.74) is 0.796. The van der Waals surface area contributed by atoms with Crippen LogP contribution in [-0.4, -0.2) is 36.0 Å². The monoisotopic (exact) mass is 336 g/mol. The van der Waals surface area contributed by atoms with Crippen molar-refractivity contribution in [3.63, 3.8) is 0 Å². The van der Waals surface area contributed by atoms with Gasteiger partial charge in [0.15, 0.2) is 0 Å². The Balaban J connectivity index is 1.80. The summed E-state index contributed by atoms with van der Waals surface area (Å²) in [7, 11) is 0. The summed E-state index contributed by atoms with van der Waals surface area (Å²) in [6.07, 6.45) is 5.94. The summed E-state index contributed by atoms with van der Waals surface area (Å²) in [5.74, 6) is 0.185. The van der Waals surface area contributed by atoms with Gasteiger partial charge < -0.3 is 10.2 Å². The fourth-order valence-corrected chi connectivity index (χ4v) is 3.85. The molecule has 0 radical (unpaired) electrons. The van der Waals surface area contributed by atoms with Crippen molar-refractivity contribution < 1.29 is 4.79 Å². The summed E-state index contributed by atoms with van der Waals surface area (Å²) >= 11 is 3.45. The third kappa shape index (κ3) is 2.91. The van der Waals surface area contributed by atoms with Crippen LogP contribution >= 0.6 is 15.9 Å². The quantitative estimate of drug-likeness (QED) is 0.899. The average Bonchev–Trinajstić information content (AvgIpc) is 3.00. The van der Waals surface area contributed by atoms with Gasteiger partial charge in [0.2, 0.25) is 0 Å². The number of amides is 1. The molecule has 0 aromatic heterocycles. The van der Waals surface area contributed by atoms with Gasteiger partial charge in [0, 0.05) is 28.7 Å². The zero-order chi connectivity index (χ0) is 13.9. The van der Waals surface area contributed by atoms with Crippen LogP contribution in [0.25, 0.3) is 0 Å². The molecule has 2 fully saturated rings. The van der Waals surface area contributed by atoms with Crippen LogP contribution in [0.5, 0.6) is 0 Å². The molecule has 2 heterocycles. The molecule has 0 bridgehead atoms. The fourth-order valence-electron chi connectivity index (χ4n) is 3.46. The number of hydrogen-bond acceptors (Lipinski definition) is 2. The molecule has 2 aliphatic rings. The number of halogens is 1. The van der Waals surface area contributed by atoms with E-state index in [1.807, 2.05) is 24.3 Å². The number of likely N-dealkylation sites (tertiary alicyclic amines) is 1. The standard InChI is InChI=1S/C16H21BrN2O/c17-13-6-3-5-12(11-13)16(20)19-10-2-1-8-15(19)14-7-4-9-18-14/h3,5-6,11,14-15,18H,1-2,4,7-10H2. The highest BCUT2D eigenvalue weighted by Crippen LogP contribution is 2.26. The predicted molar refractivity (Wildman–Crippen MR) is 83.8 cm³/mol. The van der Waals surface area contributed by atoms with Gasteiger partial charge in [-0.25, -0.2) is 0 Å². The minimum atomic E-state index is 0.185. The van der Waals surface area contributed by atoms with E-state index in [0.29, 0.717) is 12.1 Å². The number of benzene rings is 1. The van der Waals surface area contributed by atoms with E-state index >= 15 is 0 Å². The highest BCUT2D eigenvalue weighted by molar-refractivity contribution is 9.10. The molecule has 3 nitrogen and oxygen atoms in total. The maximum Gasteiger partial charge on any atom is 0.254 e. The molecule has 2 saturated heterocycles. The Kier molecular flexibility index (Phi) is 4.41. The molecule has 2 atom stereocenters. The van der Waals surface area contributed by atoms with Crippen LogP contribution in [0.15, 0.2) is 28.7 Å². The first kappa shape index (κ1) is 14.1. The SMILES string of the molecule is O=C(c1cccc(Br)c1)N1CCCCC1C1CCCN1. The van der Waals surface area contributed by atoms with E-state index in [-0.39, 0.29) is 5.91 Å². The molecule has 1 aromatic rings. The van der Waals surface area contributed by atoms with Crippen molar-refractivity contribution in [3.05, 3.63) is 34.3 Å². The van der Waals surface area contributed by atoms with Crippen molar-refractivity contribution in [2.24, 2.45) is 0 Å². The van der Waals surface area contributed by atoms with E-state index in [1.165, 1.54) is 19.3 Å². The van der Waals surface area contributed by atoms with Crippen LogP contribution in [0, 0.1) is 0 Å². The normalized spacial score (nSPS) is 26.8. The van der Waals surface area contributed by atoms with Gasteiger partial charge in [-0.3, -0.25) is 4.79 Å². The molecule has 108 valence electrons. The van der Waals surface area contributed by atoms with Crippen LogP contribution in [0.4, 0.5) is 0 Å². The van der Waals surface area contributed by atoms with Gasteiger partial charge in [0.25, 0.3) is 5.91 Å². The maximum atomic E-state index is 12.8. The van der Waals surface area contributed by atoms with Crippen molar-refractivity contribution in [2.45, 2.75) is 44.2 Å². The zero-order valence-corrected chi connectivity index (χ0v) is 13.2. The van der Waals surface area contributed by atoms with Crippen LogP contribution in [0.2, 0.25) is 0 Å². The summed E-state index contributed by atoms with van der Waals surface area (Å²) in [6, 6.07) is 8.61. The molecular weight excluding hydrogens is 316 g/mol. The van der Waals surface area contributed by atoms with Crippen molar-refractivity contribution in [1.29, 1.82) is 0 Å². The van der Waals surface area contributed by atoms with Crippen molar-refractivity contribution in [2.75, 3.05) is 13.1 Å². The molecule has 1 N–H and O–H groups in total. The molecule has 0 spiro atoms. The fraction of sp³-hybridized carbons (Fsp3) is 0.562. The number of rotatable bonds is 2. The molecule has 4 heteroatoms. The number of nitrogens with one attached hydrogen (secondary N) is 1. The van der Waals surface area contributed by atoms with Crippen LogP contribution < -0.4 is 5.32 Å². The first-order chi connectivity index (χ1) is 9.75. The highest BCUT2D eigenvalue weighted by atomic mass is 79.9. The second kappa shape index (κ2) is 6.27. The lowest BCUT2D eigenvalue weighted by molar-refractivity contribution is 0.0563. The molecule has 1 amide bonds. The molecule has 2 unspecified atom stereocenters. The second-order valence-electron chi connectivity index (χ2n) is 5.77. The van der Waals surface area contributed by atoms with Crippen LogP contribution in [-0.2, 0) is 0 Å². The molecule has 1 aromatic carbocycles. The number of carbonyl (C=O) groups excluding carboxylic acids is 1. The summed E-state index contributed by atoms with van der Waals surface area (Å²) in [6.45, 7) is 1.99. The molecule has 0 saturated carbocycles. The highest BCUT2D eigenvalue weighted by Gasteiger charge is 2.34. The topological polar surface area (TPSA) is 32.3 Å². The number of nitrogens with zero attached hydrogens (tertiary/aromatic N) is 1. The van der Waals surface area contributed by atoms with Gasteiger partial charge in [0.05, 0.1) is 0 Å². The smallest absolute Gasteiger partial charge is 0.254 e. The second-order valence-corrected chi connectivity index (χ2v) is 6.69. The number of hydrogen-bond donors (Lipinski definition) is 1. The Morgan fingerprint density at radius 3 is 2.90 bits per heavy atom. The van der Waals surface area contributed by atoms with Crippen LogP contribution in [0.1, 0.15) is 42.5 Å². The zero-order valence-electron chi connectivity index (χ0n) is 11.6. The lowest BCUT2D eigenvalue weighted by Crippen LogP contribution is -2.52. The van der Waals surface area contributed by atoms with E-state index in [1.54, 1.807) is 0 Å². The van der Waals surface area contributed by atoms with Gasteiger partial charge in [-0.1, -0.05) is 22.0 Å². The Hall–Kier alpha value is -0.870. The molecular formula is C16H21BrN2O. The number of carbonyl (C=O) groups is 1. The van der Waals surface area contributed by atoms with E-state index < -0.39 is 0 Å². The third-order valence-electron chi connectivity index (χ3n) is 4.44. The van der Waals surface area contributed by atoms with Crippen molar-refractivity contribution >= 4 is 21.8 Å². The number of piperidine rings is 1. The van der Waals surface area contributed by atoms with Gasteiger partial charge in [-0.2, -0.15) is 0 Å². The van der Waals surface area contributed by atoms with Crippen molar-refractivity contribution in [3.8, 4) is 0 Å². The molecule has 2 aliphatic heterocycles. The first-order valence-electron chi connectivity index (χ1n) is 7.55. The summed E-state index contributed by atoms with van der Waals surface area (Å²) < 4.78 is 0.968. The Morgan fingerprint density at radius 2 is 2.15 bits per heavy atom. The lowest BCUT2D eigenvalue weighted by Gasteiger charge is -2.39. The van der Waals surface area contributed by atoms with E-state index in [9.17, 15) is 4.79 Å². The van der Waals surface area contributed by atoms with Gasteiger partial charge in [-0.05, 0) is 56.8 Å². The molecule has 3 rings (SSSR count).